The molecule has 2 heterocycles. The lowest BCUT2D eigenvalue weighted by molar-refractivity contribution is -0.135. The van der Waals surface area contributed by atoms with Crippen LogP contribution in [0.25, 0.3) is 0 Å². The zero-order valence-corrected chi connectivity index (χ0v) is 11.7. The summed E-state index contributed by atoms with van der Waals surface area (Å²) in [5.74, 6) is 1.21. The van der Waals surface area contributed by atoms with E-state index in [0.717, 1.165) is 38.4 Å². The van der Waals surface area contributed by atoms with E-state index < -0.39 is 0 Å². The highest BCUT2D eigenvalue weighted by atomic mass is 16.2. The van der Waals surface area contributed by atoms with Crippen LogP contribution in [0.2, 0.25) is 0 Å². The summed E-state index contributed by atoms with van der Waals surface area (Å²) in [7, 11) is 0. The van der Waals surface area contributed by atoms with Gasteiger partial charge in [0.15, 0.2) is 5.82 Å². The largest absolute Gasteiger partial charge is 0.396 e. The number of aromatic nitrogens is 1. The smallest absolute Gasteiger partial charge is 0.225 e. The van der Waals surface area contributed by atoms with Gasteiger partial charge in [0, 0.05) is 38.3 Å². The number of anilines is 2. The molecule has 2 N–H and O–H groups in total. The van der Waals surface area contributed by atoms with Crippen LogP contribution in [0.5, 0.6) is 0 Å². The predicted octanol–water partition coefficient (Wildman–Crippen LogP) is 1.36. The van der Waals surface area contributed by atoms with E-state index >= 15 is 0 Å². The molecule has 5 nitrogen and oxygen atoms in total. The number of hydrogen-bond donors (Lipinski definition) is 1. The van der Waals surface area contributed by atoms with Gasteiger partial charge in [-0.25, -0.2) is 4.98 Å². The number of carbonyl (C=O) groups is 1. The molecule has 1 aliphatic heterocycles. The average molecular weight is 262 g/mol. The van der Waals surface area contributed by atoms with Gasteiger partial charge in [-0.3, -0.25) is 4.79 Å². The Morgan fingerprint density at radius 3 is 2.68 bits per heavy atom. The van der Waals surface area contributed by atoms with Crippen molar-refractivity contribution in [2.45, 2.75) is 20.3 Å². The number of nitrogens with two attached hydrogens (primary N) is 1. The van der Waals surface area contributed by atoms with Gasteiger partial charge in [-0.05, 0) is 18.6 Å². The van der Waals surface area contributed by atoms with Crippen molar-refractivity contribution in [1.29, 1.82) is 0 Å². The summed E-state index contributed by atoms with van der Waals surface area (Å²) in [6, 6.07) is 3.69. The van der Waals surface area contributed by atoms with Crippen LogP contribution in [0.1, 0.15) is 20.3 Å². The minimum Gasteiger partial charge on any atom is -0.396 e. The number of carbonyl (C=O) groups excluding carboxylic acids is 1. The first-order valence-corrected chi connectivity index (χ1v) is 6.87. The summed E-state index contributed by atoms with van der Waals surface area (Å²) >= 11 is 0. The molecule has 0 spiro atoms. The summed E-state index contributed by atoms with van der Waals surface area (Å²) in [6.07, 6.45) is 2.65. The number of amides is 1. The Labute approximate surface area is 114 Å². The molecule has 2 rings (SSSR count). The molecule has 0 radical (unpaired) electrons. The highest BCUT2D eigenvalue weighted by Crippen LogP contribution is 2.21. The molecule has 1 saturated heterocycles. The Bertz CT molecular complexity index is 441. The Balaban J connectivity index is 1.96. The van der Waals surface area contributed by atoms with Gasteiger partial charge >= 0.3 is 0 Å². The van der Waals surface area contributed by atoms with Crippen LogP contribution in [0.4, 0.5) is 11.5 Å². The van der Waals surface area contributed by atoms with Crippen LogP contribution in [0.15, 0.2) is 18.3 Å². The maximum atomic E-state index is 12.1. The number of rotatable bonds is 3. The standard InChI is InChI=1S/C14H22N4O/c1-3-11(2)14(19)18-9-7-17(8-10-18)13-12(15)5-4-6-16-13/h4-6,11H,3,7-10,15H2,1-2H3. The summed E-state index contributed by atoms with van der Waals surface area (Å²) in [4.78, 5) is 20.5. The second-order valence-electron chi connectivity index (χ2n) is 5.04. The van der Waals surface area contributed by atoms with E-state index in [1.165, 1.54) is 0 Å². The summed E-state index contributed by atoms with van der Waals surface area (Å²) in [5, 5.41) is 0. The van der Waals surface area contributed by atoms with Crippen molar-refractivity contribution in [2.75, 3.05) is 36.8 Å². The van der Waals surface area contributed by atoms with Gasteiger partial charge in [-0.15, -0.1) is 0 Å². The second kappa shape index (κ2) is 5.91. The fourth-order valence-electron chi connectivity index (χ4n) is 2.30. The fourth-order valence-corrected chi connectivity index (χ4v) is 2.30. The molecule has 104 valence electrons. The normalized spacial score (nSPS) is 17.4. The molecule has 0 aromatic carbocycles. The van der Waals surface area contributed by atoms with E-state index in [-0.39, 0.29) is 11.8 Å². The van der Waals surface area contributed by atoms with Crippen molar-refractivity contribution in [3.63, 3.8) is 0 Å². The van der Waals surface area contributed by atoms with Crippen LogP contribution < -0.4 is 10.6 Å². The molecule has 1 aliphatic rings. The van der Waals surface area contributed by atoms with Crippen molar-refractivity contribution in [3.8, 4) is 0 Å². The third-order valence-electron chi connectivity index (χ3n) is 3.74. The molecule has 1 fully saturated rings. The van der Waals surface area contributed by atoms with Gasteiger partial charge < -0.3 is 15.5 Å². The van der Waals surface area contributed by atoms with Crippen LogP contribution in [0.3, 0.4) is 0 Å². The lowest BCUT2D eigenvalue weighted by Crippen LogP contribution is -2.50. The van der Waals surface area contributed by atoms with Gasteiger partial charge in [0.05, 0.1) is 5.69 Å². The molecule has 0 bridgehead atoms. The summed E-state index contributed by atoms with van der Waals surface area (Å²) in [6.45, 7) is 7.13. The number of pyridine rings is 1. The second-order valence-corrected chi connectivity index (χ2v) is 5.04. The molecule has 19 heavy (non-hydrogen) atoms. The van der Waals surface area contributed by atoms with E-state index in [9.17, 15) is 4.79 Å². The summed E-state index contributed by atoms with van der Waals surface area (Å²) < 4.78 is 0. The molecule has 5 heteroatoms. The van der Waals surface area contributed by atoms with Crippen LogP contribution in [-0.4, -0.2) is 42.0 Å². The third-order valence-corrected chi connectivity index (χ3v) is 3.74. The molecule has 1 aromatic heterocycles. The highest BCUT2D eigenvalue weighted by molar-refractivity contribution is 5.78. The van der Waals surface area contributed by atoms with Crippen molar-refractivity contribution in [3.05, 3.63) is 18.3 Å². The van der Waals surface area contributed by atoms with Gasteiger partial charge in [0.1, 0.15) is 0 Å². The van der Waals surface area contributed by atoms with Crippen molar-refractivity contribution in [2.24, 2.45) is 5.92 Å². The van der Waals surface area contributed by atoms with Gasteiger partial charge in [-0.1, -0.05) is 13.8 Å². The average Bonchev–Trinajstić information content (AvgIpc) is 2.46. The lowest BCUT2D eigenvalue weighted by atomic mass is 10.1. The highest BCUT2D eigenvalue weighted by Gasteiger charge is 2.25. The minimum absolute atomic E-state index is 0.117. The Hall–Kier alpha value is -1.78. The van der Waals surface area contributed by atoms with Gasteiger partial charge in [-0.2, -0.15) is 0 Å². The Morgan fingerprint density at radius 2 is 2.11 bits per heavy atom. The molecule has 1 aromatic rings. The molecular weight excluding hydrogens is 240 g/mol. The fraction of sp³-hybridized carbons (Fsp3) is 0.571. The molecule has 1 unspecified atom stereocenters. The van der Waals surface area contributed by atoms with E-state index in [0.29, 0.717) is 5.69 Å². The van der Waals surface area contributed by atoms with Crippen molar-refractivity contribution < 1.29 is 4.79 Å². The molecule has 0 saturated carbocycles. The van der Waals surface area contributed by atoms with Crippen LogP contribution >= 0.6 is 0 Å². The SMILES string of the molecule is CCC(C)C(=O)N1CCN(c2ncccc2N)CC1. The molecular formula is C14H22N4O. The summed E-state index contributed by atoms with van der Waals surface area (Å²) in [5.41, 5.74) is 6.63. The van der Waals surface area contributed by atoms with E-state index in [1.54, 1.807) is 6.20 Å². The molecule has 1 atom stereocenters. The number of nitrogen functional groups attached to an aromatic ring is 1. The van der Waals surface area contributed by atoms with Crippen molar-refractivity contribution in [1.82, 2.24) is 9.88 Å². The predicted molar refractivity (Wildman–Crippen MR) is 76.9 cm³/mol. The Kier molecular flexibility index (Phi) is 4.24. The Morgan fingerprint density at radius 1 is 1.42 bits per heavy atom. The molecule has 0 aliphatic carbocycles. The third kappa shape index (κ3) is 2.97. The van der Waals surface area contributed by atoms with E-state index in [4.69, 9.17) is 5.73 Å². The minimum atomic E-state index is 0.117. The zero-order valence-electron chi connectivity index (χ0n) is 11.7. The van der Waals surface area contributed by atoms with E-state index in [2.05, 4.69) is 9.88 Å². The van der Waals surface area contributed by atoms with Gasteiger partial charge in [0.25, 0.3) is 0 Å². The first kappa shape index (κ1) is 13.6. The molecule has 1 amide bonds. The topological polar surface area (TPSA) is 62.5 Å². The number of nitrogens with zero attached hydrogens (tertiary/aromatic N) is 3. The van der Waals surface area contributed by atoms with Crippen LogP contribution in [0, 0.1) is 5.92 Å². The maximum Gasteiger partial charge on any atom is 0.225 e. The lowest BCUT2D eigenvalue weighted by Gasteiger charge is -2.36. The monoisotopic (exact) mass is 262 g/mol. The number of piperazine rings is 1. The van der Waals surface area contributed by atoms with Crippen molar-refractivity contribution >= 4 is 17.4 Å². The van der Waals surface area contributed by atoms with E-state index in [1.807, 2.05) is 30.9 Å². The maximum absolute atomic E-state index is 12.1. The number of hydrogen-bond acceptors (Lipinski definition) is 4. The van der Waals surface area contributed by atoms with Crippen LogP contribution in [-0.2, 0) is 4.79 Å². The first-order chi connectivity index (χ1) is 9.13. The van der Waals surface area contributed by atoms with Gasteiger partial charge in [0.2, 0.25) is 5.91 Å². The quantitative estimate of drug-likeness (QED) is 0.893. The first-order valence-electron chi connectivity index (χ1n) is 6.87. The zero-order chi connectivity index (χ0) is 13.8.